The predicted molar refractivity (Wildman–Crippen MR) is 122 cm³/mol. The third kappa shape index (κ3) is 4.78. The molecule has 0 aliphatic heterocycles. The van der Waals surface area contributed by atoms with Gasteiger partial charge in [-0.1, -0.05) is 54.6 Å². The highest BCUT2D eigenvalue weighted by atomic mass is 19.1. The zero-order chi connectivity index (χ0) is 24.2. The first kappa shape index (κ1) is 23.4. The molecule has 0 spiro atoms. The molecule has 0 heterocycles. The molecule has 4 rings (SSSR count). The molecular formula is C26H24FNO6. The normalized spacial score (nSPS) is 14.1. The summed E-state index contributed by atoms with van der Waals surface area (Å²) in [6.45, 7) is 0.135. The van der Waals surface area contributed by atoms with Crippen LogP contribution < -0.4 is 5.32 Å². The first-order valence-corrected chi connectivity index (χ1v) is 10.8. The number of nitrogens with one attached hydrogen (secondary N) is 1. The maximum absolute atomic E-state index is 14.1. The second-order valence-electron chi connectivity index (χ2n) is 8.09. The molecule has 0 bridgehead atoms. The molecule has 0 saturated heterocycles. The number of ether oxygens (including phenoxy) is 1. The second kappa shape index (κ2) is 10.0. The van der Waals surface area contributed by atoms with Gasteiger partial charge in [-0.2, -0.15) is 0 Å². The van der Waals surface area contributed by atoms with E-state index in [1.165, 1.54) is 0 Å². The molecule has 34 heavy (non-hydrogen) atoms. The summed E-state index contributed by atoms with van der Waals surface area (Å²) in [5.41, 5.74) is 3.93. The van der Waals surface area contributed by atoms with Crippen molar-refractivity contribution in [2.75, 3.05) is 13.2 Å². The molecule has 1 aliphatic rings. The number of carbonyl (C=O) groups excluding carboxylic acids is 1. The number of carbonyl (C=O) groups is 2. The van der Waals surface area contributed by atoms with Crippen LogP contribution in [0.1, 0.15) is 45.5 Å². The molecule has 0 radical (unpaired) electrons. The number of rotatable bonds is 8. The van der Waals surface area contributed by atoms with Crippen molar-refractivity contribution in [2.45, 2.75) is 24.5 Å². The van der Waals surface area contributed by atoms with Crippen LogP contribution in [0.5, 0.6) is 0 Å². The molecule has 176 valence electrons. The number of amides is 1. The van der Waals surface area contributed by atoms with Crippen LogP contribution in [0.4, 0.5) is 9.18 Å². The van der Waals surface area contributed by atoms with Gasteiger partial charge in [0.2, 0.25) is 0 Å². The third-order valence-electron chi connectivity index (χ3n) is 5.98. The molecule has 7 nitrogen and oxygen atoms in total. The molecule has 0 fully saturated rings. The van der Waals surface area contributed by atoms with Crippen LogP contribution in [0.3, 0.4) is 0 Å². The number of aromatic carboxylic acids is 1. The van der Waals surface area contributed by atoms with Crippen molar-refractivity contribution in [3.8, 4) is 11.1 Å². The number of halogens is 1. The number of hydrogen-bond acceptors (Lipinski definition) is 5. The molecule has 2 unspecified atom stereocenters. The summed E-state index contributed by atoms with van der Waals surface area (Å²) >= 11 is 0. The van der Waals surface area contributed by atoms with Crippen molar-refractivity contribution in [2.24, 2.45) is 0 Å². The number of fused-ring (bicyclic) bond motifs is 3. The van der Waals surface area contributed by atoms with Crippen molar-refractivity contribution < 1.29 is 34.0 Å². The fourth-order valence-electron chi connectivity index (χ4n) is 4.24. The van der Waals surface area contributed by atoms with E-state index in [0.717, 1.165) is 40.5 Å². The lowest BCUT2D eigenvalue weighted by Gasteiger charge is -2.19. The van der Waals surface area contributed by atoms with E-state index in [-0.39, 0.29) is 36.6 Å². The Morgan fingerprint density at radius 3 is 2.18 bits per heavy atom. The van der Waals surface area contributed by atoms with Gasteiger partial charge in [-0.25, -0.2) is 14.0 Å². The monoisotopic (exact) mass is 465 g/mol. The van der Waals surface area contributed by atoms with Crippen LogP contribution in [0.15, 0.2) is 66.7 Å². The average molecular weight is 465 g/mol. The van der Waals surface area contributed by atoms with Gasteiger partial charge >= 0.3 is 12.1 Å². The zero-order valence-corrected chi connectivity index (χ0v) is 18.1. The SMILES string of the molecule is O=C(NCCC(O)C(O)c1ccc(C(=O)O)cc1F)OCC1c2ccccc2-c2ccccc21. The molecule has 3 aromatic carbocycles. The summed E-state index contributed by atoms with van der Waals surface area (Å²) in [5, 5.41) is 31.8. The van der Waals surface area contributed by atoms with E-state index in [9.17, 15) is 24.2 Å². The topological polar surface area (TPSA) is 116 Å². The standard InChI is InChI=1S/C26H24FNO6/c27-22-13-15(25(31)32)9-10-20(22)24(30)23(29)11-12-28-26(33)34-14-21-18-7-3-1-5-16(18)17-6-2-4-8-19(17)21/h1-10,13,21,23-24,29-30H,11-12,14H2,(H,28,33)(H,31,32). The lowest BCUT2D eigenvalue weighted by molar-refractivity contribution is 0.0116. The molecule has 4 N–H and O–H groups in total. The van der Waals surface area contributed by atoms with E-state index in [2.05, 4.69) is 5.32 Å². The molecule has 2 atom stereocenters. The summed E-state index contributed by atoms with van der Waals surface area (Å²) in [4.78, 5) is 23.1. The summed E-state index contributed by atoms with van der Waals surface area (Å²) < 4.78 is 19.5. The van der Waals surface area contributed by atoms with Gasteiger partial charge in [0, 0.05) is 18.0 Å². The van der Waals surface area contributed by atoms with E-state index in [1.807, 2.05) is 48.5 Å². The van der Waals surface area contributed by atoms with Crippen LogP contribution in [0.2, 0.25) is 0 Å². The fourth-order valence-corrected chi connectivity index (χ4v) is 4.24. The van der Waals surface area contributed by atoms with Crippen molar-refractivity contribution >= 4 is 12.1 Å². The minimum Gasteiger partial charge on any atom is -0.478 e. The van der Waals surface area contributed by atoms with E-state index in [0.29, 0.717) is 0 Å². The van der Waals surface area contributed by atoms with E-state index >= 15 is 0 Å². The van der Waals surface area contributed by atoms with Gasteiger partial charge in [0.15, 0.2) is 0 Å². The van der Waals surface area contributed by atoms with Crippen LogP contribution in [0, 0.1) is 5.82 Å². The minimum absolute atomic E-state index is 0.0102. The molecule has 0 saturated carbocycles. The number of alkyl carbamates (subject to hydrolysis) is 1. The number of carboxylic acid groups (broad SMARTS) is 1. The van der Waals surface area contributed by atoms with Crippen LogP contribution in [-0.4, -0.2) is 46.6 Å². The summed E-state index contributed by atoms with van der Waals surface area (Å²) in [7, 11) is 0. The van der Waals surface area contributed by atoms with Gasteiger partial charge in [-0.3, -0.25) is 0 Å². The number of benzene rings is 3. The van der Waals surface area contributed by atoms with Gasteiger partial charge in [-0.15, -0.1) is 0 Å². The first-order valence-electron chi connectivity index (χ1n) is 10.8. The average Bonchev–Trinajstić information content (AvgIpc) is 3.16. The Balaban J connectivity index is 1.28. The smallest absolute Gasteiger partial charge is 0.407 e. The second-order valence-corrected chi connectivity index (χ2v) is 8.09. The molecule has 0 aromatic heterocycles. The highest BCUT2D eigenvalue weighted by molar-refractivity contribution is 5.87. The van der Waals surface area contributed by atoms with Crippen molar-refractivity contribution in [3.05, 3.63) is 94.8 Å². The van der Waals surface area contributed by atoms with Crippen LogP contribution >= 0.6 is 0 Å². The lowest BCUT2D eigenvalue weighted by atomic mass is 9.98. The molecule has 3 aromatic rings. The Hall–Kier alpha value is -3.75. The number of aliphatic hydroxyl groups excluding tert-OH is 2. The van der Waals surface area contributed by atoms with Crippen molar-refractivity contribution in [1.82, 2.24) is 5.32 Å². The Kier molecular flexibility index (Phi) is 6.90. The Morgan fingerprint density at radius 2 is 1.59 bits per heavy atom. The maximum atomic E-state index is 14.1. The van der Waals surface area contributed by atoms with Crippen molar-refractivity contribution in [1.29, 1.82) is 0 Å². The van der Waals surface area contributed by atoms with Crippen molar-refractivity contribution in [3.63, 3.8) is 0 Å². The highest BCUT2D eigenvalue weighted by Gasteiger charge is 2.29. The molecule has 1 amide bonds. The number of carboxylic acids is 1. The van der Waals surface area contributed by atoms with Gasteiger partial charge in [0.25, 0.3) is 0 Å². The lowest BCUT2D eigenvalue weighted by Crippen LogP contribution is -2.31. The quantitative estimate of drug-likeness (QED) is 0.402. The van der Waals surface area contributed by atoms with E-state index < -0.39 is 30.1 Å². The maximum Gasteiger partial charge on any atom is 0.407 e. The fraction of sp³-hybridized carbons (Fsp3) is 0.231. The number of aliphatic hydroxyl groups is 2. The molecule has 8 heteroatoms. The first-order chi connectivity index (χ1) is 16.4. The highest BCUT2D eigenvalue weighted by Crippen LogP contribution is 2.44. The third-order valence-corrected chi connectivity index (χ3v) is 5.98. The Labute approximate surface area is 195 Å². The van der Waals surface area contributed by atoms with Gasteiger partial charge in [0.1, 0.15) is 18.5 Å². The Bertz CT molecular complexity index is 1170. The summed E-state index contributed by atoms with van der Waals surface area (Å²) in [6, 6.07) is 19.0. The van der Waals surface area contributed by atoms with Gasteiger partial charge < -0.3 is 25.4 Å². The summed E-state index contributed by atoms with van der Waals surface area (Å²) in [6.07, 6.45) is -3.68. The molecule has 1 aliphatic carbocycles. The predicted octanol–water partition coefficient (Wildman–Crippen LogP) is 3.85. The Morgan fingerprint density at radius 1 is 0.971 bits per heavy atom. The number of hydrogen-bond donors (Lipinski definition) is 4. The van der Waals surface area contributed by atoms with Gasteiger partial charge in [0.05, 0.1) is 11.7 Å². The van der Waals surface area contributed by atoms with Crippen LogP contribution in [-0.2, 0) is 4.74 Å². The van der Waals surface area contributed by atoms with Gasteiger partial charge in [-0.05, 0) is 40.8 Å². The zero-order valence-electron chi connectivity index (χ0n) is 18.1. The molecular weight excluding hydrogens is 441 g/mol. The largest absolute Gasteiger partial charge is 0.478 e. The van der Waals surface area contributed by atoms with E-state index in [4.69, 9.17) is 9.84 Å². The van der Waals surface area contributed by atoms with Crippen LogP contribution in [0.25, 0.3) is 11.1 Å². The summed E-state index contributed by atoms with van der Waals surface area (Å²) in [5.74, 6) is -2.31. The van der Waals surface area contributed by atoms with E-state index in [1.54, 1.807) is 0 Å². The minimum atomic E-state index is -1.58.